The van der Waals surface area contributed by atoms with Crippen molar-refractivity contribution in [3.8, 4) is 11.5 Å². The zero-order valence-electron chi connectivity index (χ0n) is 12.2. The number of benzene rings is 1. The van der Waals surface area contributed by atoms with Gasteiger partial charge in [0.2, 0.25) is 0 Å². The second kappa shape index (κ2) is 5.78. The molecule has 0 atom stereocenters. The summed E-state index contributed by atoms with van der Waals surface area (Å²) in [5.41, 5.74) is 7.92. The van der Waals surface area contributed by atoms with E-state index in [1.165, 1.54) is 12.8 Å². The lowest BCUT2D eigenvalue weighted by atomic mass is 9.91. The molecule has 112 valence electrons. The molecule has 1 fully saturated rings. The Morgan fingerprint density at radius 1 is 1.19 bits per heavy atom. The molecule has 0 unspecified atom stereocenters. The summed E-state index contributed by atoms with van der Waals surface area (Å²) in [5, 5.41) is 4.83. The van der Waals surface area contributed by atoms with E-state index in [2.05, 4.69) is 10.1 Å². The molecule has 1 heterocycles. The van der Waals surface area contributed by atoms with Gasteiger partial charge in [-0.1, -0.05) is 48.5 Å². The first kappa shape index (κ1) is 14.5. The zero-order valence-corrected chi connectivity index (χ0v) is 13.0. The zero-order chi connectivity index (χ0) is 14.9. The molecule has 2 N–H and O–H groups in total. The van der Waals surface area contributed by atoms with E-state index in [0.717, 1.165) is 36.8 Å². The van der Waals surface area contributed by atoms with Crippen LogP contribution < -0.4 is 5.73 Å². The van der Waals surface area contributed by atoms with Gasteiger partial charge in [0.05, 0.1) is 5.54 Å². The number of hydrogen-bond donors (Lipinski definition) is 1. The van der Waals surface area contributed by atoms with E-state index in [1.807, 2.05) is 25.1 Å². The number of hydrogen-bond acceptors (Lipinski definition) is 4. The average molecular weight is 306 g/mol. The van der Waals surface area contributed by atoms with E-state index in [4.69, 9.17) is 21.9 Å². The summed E-state index contributed by atoms with van der Waals surface area (Å²) in [4.78, 5) is 4.53. The first-order valence-corrected chi connectivity index (χ1v) is 7.86. The minimum absolute atomic E-state index is 0.452. The van der Waals surface area contributed by atoms with Crippen molar-refractivity contribution >= 4 is 11.6 Å². The fourth-order valence-electron chi connectivity index (χ4n) is 2.85. The van der Waals surface area contributed by atoms with Crippen molar-refractivity contribution in [1.82, 2.24) is 10.1 Å². The Hall–Kier alpha value is -1.39. The van der Waals surface area contributed by atoms with Crippen LogP contribution in [0.25, 0.3) is 11.5 Å². The SMILES string of the molecule is Cc1ccc(-c2nc(C3(N)CCCCCC3)no2)cc1Cl. The van der Waals surface area contributed by atoms with Crippen molar-refractivity contribution < 1.29 is 4.52 Å². The first-order chi connectivity index (χ1) is 10.1. The smallest absolute Gasteiger partial charge is 0.258 e. The van der Waals surface area contributed by atoms with Gasteiger partial charge in [-0.05, 0) is 37.5 Å². The predicted octanol–water partition coefficient (Wildman–Crippen LogP) is 4.21. The Morgan fingerprint density at radius 2 is 1.90 bits per heavy atom. The molecule has 5 heteroatoms. The van der Waals surface area contributed by atoms with Gasteiger partial charge in [0.15, 0.2) is 5.82 Å². The molecule has 0 aliphatic heterocycles. The molecule has 3 rings (SSSR count). The standard InChI is InChI=1S/C16H20ClN3O/c1-11-6-7-12(10-13(11)17)14-19-15(20-21-14)16(18)8-4-2-3-5-9-16/h6-7,10H,2-5,8-9,18H2,1H3. The molecular weight excluding hydrogens is 286 g/mol. The minimum atomic E-state index is -0.452. The van der Waals surface area contributed by atoms with Crippen LogP contribution in [0.2, 0.25) is 5.02 Å². The fourth-order valence-corrected chi connectivity index (χ4v) is 3.03. The molecule has 1 aliphatic carbocycles. The molecule has 0 spiro atoms. The van der Waals surface area contributed by atoms with Gasteiger partial charge in [-0.2, -0.15) is 4.98 Å². The third-order valence-electron chi connectivity index (χ3n) is 4.29. The van der Waals surface area contributed by atoms with Crippen molar-refractivity contribution in [3.05, 3.63) is 34.6 Å². The highest BCUT2D eigenvalue weighted by Gasteiger charge is 2.33. The van der Waals surface area contributed by atoms with Crippen LogP contribution in [0.5, 0.6) is 0 Å². The van der Waals surface area contributed by atoms with Crippen LogP contribution in [0.1, 0.15) is 49.9 Å². The monoisotopic (exact) mass is 305 g/mol. The van der Waals surface area contributed by atoms with E-state index in [1.54, 1.807) is 0 Å². The number of nitrogens with zero attached hydrogens (tertiary/aromatic N) is 2. The highest BCUT2D eigenvalue weighted by molar-refractivity contribution is 6.31. The first-order valence-electron chi connectivity index (χ1n) is 7.48. The Labute approximate surface area is 129 Å². The van der Waals surface area contributed by atoms with Gasteiger partial charge < -0.3 is 10.3 Å². The van der Waals surface area contributed by atoms with E-state index in [-0.39, 0.29) is 0 Å². The summed E-state index contributed by atoms with van der Waals surface area (Å²) in [6.07, 6.45) is 6.54. The third kappa shape index (κ3) is 2.97. The van der Waals surface area contributed by atoms with Crippen molar-refractivity contribution in [2.24, 2.45) is 5.73 Å². The summed E-state index contributed by atoms with van der Waals surface area (Å²) in [7, 11) is 0. The maximum absolute atomic E-state index is 6.51. The highest BCUT2D eigenvalue weighted by Crippen LogP contribution is 2.33. The highest BCUT2D eigenvalue weighted by atomic mass is 35.5. The van der Waals surface area contributed by atoms with Gasteiger partial charge in [-0.15, -0.1) is 0 Å². The summed E-state index contributed by atoms with van der Waals surface area (Å²) < 4.78 is 5.41. The Bertz CT molecular complexity index is 630. The van der Waals surface area contributed by atoms with E-state index < -0.39 is 5.54 Å². The molecule has 1 aromatic carbocycles. The lowest BCUT2D eigenvalue weighted by Gasteiger charge is -2.23. The number of nitrogens with two attached hydrogens (primary N) is 1. The van der Waals surface area contributed by atoms with Gasteiger partial charge in [0, 0.05) is 10.6 Å². The maximum atomic E-state index is 6.51. The van der Waals surface area contributed by atoms with Gasteiger partial charge in [-0.25, -0.2) is 0 Å². The second-order valence-corrected chi connectivity index (χ2v) is 6.36. The summed E-state index contributed by atoms with van der Waals surface area (Å²) >= 11 is 6.15. The number of rotatable bonds is 2. The van der Waals surface area contributed by atoms with Crippen molar-refractivity contribution in [2.45, 2.75) is 51.0 Å². The van der Waals surface area contributed by atoms with Crippen molar-refractivity contribution in [1.29, 1.82) is 0 Å². The van der Waals surface area contributed by atoms with Crippen LogP contribution in [-0.4, -0.2) is 10.1 Å². The summed E-state index contributed by atoms with van der Waals surface area (Å²) in [6, 6.07) is 5.74. The summed E-state index contributed by atoms with van der Waals surface area (Å²) in [6.45, 7) is 1.96. The van der Waals surface area contributed by atoms with Crippen LogP contribution in [0, 0.1) is 6.92 Å². The Balaban J connectivity index is 1.90. The van der Waals surface area contributed by atoms with Crippen LogP contribution in [-0.2, 0) is 5.54 Å². The quantitative estimate of drug-likeness (QED) is 0.844. The van der Waals surface area contributed by atoms with E-state index in [0.29, 0.717) is 16.7 Å². The van der Waals surface area contributed by atoms with Gasteiger partial charge in [0.1, 0.15) is 0 Å². The molecule has 1 aliphatic rings. The molecule has 0 bridgehead atoms. The lowest BCUT2D eigenvalue weighted by Crippen LogP contribution is -2.37. The van der Waals surface area contributed by atoms with Crippen LogP contribution in [0.4, 0.5) is 0 Å². The van der Waals surface area contributed by atoms with Crippen molar-refractivity contribution in [3.63, 3.8) is 0 Å². The minimum Gasteiger partial charge on any atom is -0.334 e. The third-order valence-corrected chi connectivity index (χ3v) is 4.69. The predicted molar refractivity (Wildman–Crippen MR) is 83.0 cm³/mol. The Morgan fingerprint density at radius 3 is 2.57 bits per heavy atom. The second-order valence-electron chi connectivity index (χ2n) is 5.96. The maximum Gasteiger partial charge on any atom is 0.258 e. The van der Waals surface area contributed by atoms with Gasteiger partial charge >= 0.3 is 0 Å². The molecule has 21 heavy (non-hydrogen) atoms. The van der Waals surface area contributed by atoms with Gasteiger partial charge in [-0.3, -0.25) is 0 Å². The van der Waals surface area contributed by atoms with E-state index in [9.17, 15) is 0 Å². The number of aromatic nitrogens is 2. The number of aryl methyl sites for hydroxylation is 1. The fraction of sp³-hybridized carbons (Fsp3) is 0.500. The molecule has 2 aromatic rings. The molecule has 4 nitrogen and oxygen atoms in total. The largest absolute Gasteiger partial charge is 0.334 e. The number of halogens is 1. The molecular formula is C16H20ClN3O. The van der Waals surface area contributed by atoms with E-state index >= 15 is 0 Å². The van der Waals surface area contributed by atoms with Crippen LogP contribution >= 0.6 is 11.6 Å². The normalized spacial score (nSPS) is 18.4. The average Bonchev–Trinajstić information content (AvgIpc) is 2.86. The summed E-state index contributed by atoms with van der Waals surface area (Å²) in [5.74, 6) is 1.11. The van der Waals surface area contributed by atoms with Crippen LogP contribution in [0.3, 0.4) is 0 Å². The molecule has 1 aromatic heterocycles. The topological polar surface area (TPSA) is 64.9 Å². The molecule has 1 saturated carbocycles. The molecule has 0 saturated heterocycles. The Kier molecular flexibility index (Phi) is 4.00. The van der Waals surface area contributed by atoms with Crippen LogP contribution in [0.15, 0.2) is 22.7 Å². The van der Waals surface area contributed by atoms with Crippen molar-refractivity contribution in [2.75, 3.05) is 0 Å². The lowest BCUT2D eigenvalue weighted by molar-refractivity contribution is 0.334. The molecule has 0 amide bonds. The van der Waals surface area contributed by atoms with Gasteiger partial charge in [0.25, 0.3) is 5.89 Å². The molecule has 0 radical (unpaired) electrons.